The molecule has 0 saturated carbocycles. The number of hydrogen-bond acceptors (Lipinski definition) is 8. The molecule has 152 valence electrons. The van der Waals surface area contributed by atoms with Gasteiger partial charge in [-0.25, -0.2) is 19.9 Å². The molecule has 0 unspecified atom stereocenters. The van der Waals surface area contributed by atoms with Crippen LogP contribution in [0.2, 0.25) is 0 Å². The van der Waals surface area contributed by atoms with Crippen LogP contribution in [0.4, 0.5) is 11.6 Å². The standard InChI is InChI=1S/C21H23N9/c1-15-24-6-7-30(15)20-13-23-12-19(27-20)29-10-8-28(9-11-29)14-18-25-17-5-3-2-4-16(17)21(22)26-18/h2-7,12-13H,8-11,14H2,1H3,(H2,22,25,26). The van der Waals surface area contributed by atoms with E-state index in [2.05, 4.69) is 29.7 Å². The van der Waals surface area contributed by atoms with E-state index in [9.17, 15) is 0 Å². The molecule has 0 atom stereocenters. The number of hydrogen-bond donors (Lipinski definition) is 1. The van der Waals surface area contributed by atoms with Crippen LogP contribution >= 0.6 is 0 Å². The van der Waals surface area contributed by atoms with E-state index in [-0.39, 0.29) is 0 Å². The first-order chi connectivity index (χ1) is 14.7. The SMILES string of the molecule is Cc1nccn1-c1cncc(N2CCN(Cc3nc(N)c4ccccc4n3)CC2)n1. The first-order valence-electron chi connectivity index (χ1n) is 9.98. The first kappa shape index (κ1) is 18.4. The summed E-state index contributed by atoms with van der Waals surface area (Å²) in [5.74, 6) is 3.85. The second-order valence-corrected chi connectivity index (χ2v) is 7.39. The number of nitrogens with two attached hydrogens (primary N) is 1. The molecule has 0 radical (unpaired) electrons. The Morgan fingerprint density at radius 1 is 0.967 bits per heavy atom. The maximum absolute atomic E-state index is 6.13. The Bertz CT molecular complexity index is 1180. The molecule has 30 heavy (non-hydrogen) atoms. The molecule has 0 aliphatic carbocycles. The van der Waals surface area contributed by atoms with Crippen LogP contribution in [0.3, 0.4) is 0 Å². The molecule has 4 aromatic rings. The number of benzene rings is 1. The number of rotatable bonds is 4. The predicted molar refractivity (Wildman–Crippen MR) is 115 cm³/mol. The van der Waals surface area contributed by atoms with Gasteiger partial charge in [0, 0.05) is 44.0 Å². The van der Waals surface area contributed by atoms with Crippen LogP contribution in [0.15, 0.2) is 49.1 Å². The molecule has 2 N–H and O–H groups in total. The van der Waals surface area contributed by atoms with Crippen molar-refractivity contribution >= 4 is 22.5 Å². The fourth-order valence-corrected chi connectivity index (χ4v) is 3.79. The smallest absolute Gasteiger partial charge is 0.159 e. The van der Waals surface area contributed by atoms with Gasteiger partial charge in [0.25, 0.3) is 0 Å². The lowest BCUT2D eigenvalue weighted by molar-refractivity contribution is 0.244. The van der Waals surface area contributed by atoms with E-state index in [4.69, 9.17) is 10.7 Å². The van der Waals surface area contributed by atoms with E-state index in [1.807, 2.05) is 48.1 Å². The molecule has 5 rings (SSSR count). The summed E-state index contributed by atoms with van der Waals surface area (Å²) in [5.41, 5.74) is 7.01. The molecule has 1 aromatic carbocycles. The van der Waals surface area contributed by atoms with Crippen molar-refractivity contribution in [3.63, 3.8) is 0 Å². The highest BCUT2D eigenvalue weighted by Crippen LogP contribution is 2.19. The van der Waals surface area contributed by atoms with Crippen LogP contribution in [0, 0.1) is 6.92 Å². The average Bonchev–Trinajstić information content (AvgIpc) is 3.20. The lowest BCUT2D eigenvalue weighted by Crippen LogP contribution is -2.46. The van der Waals surface area contributed by atoms with Gasteiger partial charge in [0.2, 0.25) is 0 Å². The van der Waals surface area contributed by atoms with Crippen LogP contribution in [-0.2, 0) is 6.54 Å². The van der Waals surface area contributed by atoms with E-state index in [0.29, 0.717) is 12.4 Å². The van der Waals surface area contributed by atoms with Crippen LogP contribution in [-0.4, -0.2) is 60.6 Å². The topological polar surface area (TPSA) is 102 Å². The van der Waals surface area contributed by atoms with Crippen LogP contribution in [0.25, 0.3) is 16.7 Å². The van der Waals surface area contributed by atoms with Crippen molar-refractivity contribution in [3.05, 3.63) is 60.7 Å². The van der Waals surface area contributed by atoms with Gasteiger partial charge >= 0.3 is 0 Å². The normalized spacial score (nSPS) is 15.0. The number of para-hydroxylation sites is 1. The Morgan fingerprint density at radius 3 is 2.57 bits per heavy atom. The molecule has 9 heteroatoms. The van der Waals surface area contributed by atoms with Gasteiger partial charge in [0.05, 0.1) is 24.5 Å². The Balaban J connectivity index is 1.26. The van der Waals surface area contributed by atoms with Crippen LogP contribution < -0.4 is 10.6 Å². The Labute approximate surface area is 174 Å². The third-order valence-corrected chi connectivity index (χ3v) is 5.42. The van der Waals surface area contributed by atoms with Gasteiger partial charge < -0.3 is 10.6 Å². The van der Waals surface area contributed by atoms with Gasteiger partial charge in [-0.3, -0.25) is 14.5 Å². The summed E-state index contributed by atoms with van der Waals surface area (Å²) in [7, 11) is 0. The summed E-state index contributed by atoms with van der Waals surface area (Å²) < 4.78 is 1.94. The minimum atomic E-state index is 0.538. The summed E-state index contributed by atoms with van der Waals surface area (Å²) in [6.07, 6.45) is 7.24. The zero-order valence-corrected chi connectivity index (χ0v) is 16.8. The first-order valence-corrected chi connectivity index (χ1v) is 9.98. The van der Waals surface area contributed by atoms with Crippen molar-refractivity contribution < 1.29 is 0 Å². The van der Waals surface area contributed by atoms with Crippen molar-refractivity contribution in [2.24, 2.45) is 0 Å². The highest BCUT2D eigenvalue weighted by molar-refractivity contribution is 5.87. The number of fused-ring (bicyclic) bond motifs is 1. The van der Waals surface area contributed by atoms with E-state index in [1.54, 1.807) is 12.4 Å². The monoisotopic (exact) mass is 401 g/mol. The second kappa shape index (κ2) is 7.68. The van der Waals surface area contributed by atoms with Gasteiger partial charge in [-0.1, -0.05) is 12.1 Å². The molecule has 0 bridgehead atoms. The van der Waals surface area contributed by atoms with Crippen molar-refractivity contribution in [2.75, 3.05) is 36.8 Å². The highest BCUT2D eigenvalue weighted by atomic mass is 15.3. The van der Waals surface area contributed by atoms with E-state index in [0.717, 1.165) is 60.4 Å². The van der Waals surface area contributed by atoms with E-state index in [1.165, 1.54) is 0 Å². The largest absolute Gasteiger partial charge is 0.383 e. The molecule has 3 aromatic heterocycles. The van der Waals surface area contributed by atoms with Crippen molar-refractivity contribution in [3.8, 4) is 5.82 Å². The lowest BCUT2D eigenvalue weighted by atomic mass is 10.2. The quantitative estimate of drug-likeness (QED) is 0.552. The highest BCUT2D eigenvalue weighted by Gasteiger charge is 2.20. The van der Waals surface area contributed by atoms with Crippen molar-refractivity contribution in [1.29, 1.82) is 0 Å². The number of nitrogen functional groups attached to an aromatic ring is 1. The number of nitrogens with zero attached hydrogens (tertiary/aromatic N) is 8. The summed E-state index contributed by atoms with van der Waals surface area (Å²) in [6, 6.07) is 7.85. The minimum absolute atomic E-state index is 0.538. The maximum atomic E-state index is 6.13. The van der Waals surface area contributed by atoms with E-state index >= 15 is 0 Å². The summed E-state index contributed by atoms with van der Waals surface area (Å²) in [4.78, 5) is 27.2. The fourth-order valence-electron chi connectivity index (χ4n) is 3.79. The fraction of sp³-hybridized carbons (Fsp3) is 0.286. The van der Waals surface area contributed by atoms with Crippen molar-refractivity contribution in [2.45, 2.75) is 13.5 Å². The number of anilines is 2. The molecule has 1 aliphatic heterocycles. The Morgan fingerprint density at radius 2 is 1.77 bits per heavy atom. The number of aromatic nitrogens is 6. The number of piperazine rings is 1. The Hall–Kier alpha value is -3.59. The zero-order valence-electron chi connectivity index (χ0n) is 16.8. The molecular formula is C21H23N9. The van der Waals surface area contributed by atoms with Crippen LogP contribution in [0.5, 0.6) is 0 Å². The molecule has 4 heterocycles. The van der Waals surface area contributed by atoms with Gasteiger partial charge in [0.1, 0.15) is 23.3 Å². The van der Waals surface area contributed by atoms with Gasteiger partial charge in [-0.15, -0.1) is 0 Å². The zero-order chi connectivity index (χ0) is 20.5. The van der Waals surface area contributed by atoms with Gasteiger partial charge in [-0.05, 0) is 19.1 Å². The number of imidazole rings is 1. The maximum Gasteiger partial charge on any atom is 0.159 e. The predicted octanol–water partition coefficient (Wildman–Crippen LogP) is 1.82. The lowest BCUT2D eigenvalue weighted by Gasteiger charge is -2.35. The number of aryl methyl sites for hydroxylation is 1. The van der Waals surface area contributed by atoms with E-state index < -0.39 is 0 Å². The molecule has 1 saturated heterocycles. The summed E-state index contributed by atoms with van der Waals surface area (Å²) >= 11 is 0. The molecule has 1 fully saturated rings. The molecule has 0 spiro atoms. The molecule has 1 aliphatic rings. The summed E-state index contributed by atoms with van der Waals surface area (Å²) in [5, 5.41) is 0.901. The Kier molecular flexibility index (Phi) is 4.72. The minimum Gasteiger partial charge on any atom is -0.383 e. The molecule has 9 nitrogen and oxygen atoms in total. The molecule has 0 amide bonds. The van der Waals surface area contributed by atoms with Crippen LogP contribution in [0.1, 0.15) is 11.6 Å². The van der Waals surface area contributed by atoms with Crippen molar-refractivity contribution in [1.82, 2.24) is 34.4 Å². The second-order valence-electron chi connectivity index (χ2n) is 7.39. The van der Waals surface area contributed by atoms with Gasteiger partial charge in [0.15, 0.2) is 5.82 Å². The summed E-state index contributed by atoms with van der Waals surface area (Å²) in [6.45, 7) is 6.16. The third-order valence-electron chi connectivity index (χ3n) is 5.42. The third kappa shape index (κ3) is 3.55. The average molecular weight is 401 g/mol. The molecular weight excluding hydrogens is 378 g/mol. The van der Waals surface area contributed by atoms with Gasteiger partial charge in [-0.2, -0.15) is 0 Å².